The summed E-state index contributed by atoms with van der Waals surface area (Å²) in [6.07, 6.45) is 1.50. The Labute approximate surface area is 116 Å². The first-order valence-electron chi connectivity index (χ1n) is 6.35. The van der Waals surface area contributed by atoms with Crippen LogP contribution in [0.25, 0.3) is 0 Å². The maximum absolute atomic E-state index is 9.99. The summed E-state index contributed by atoms with van der Waals surface area (Å²) in [7, 11) is 0. The SMILES string of the molecule is CCN(CC)c1ccc(/C=N/Nc2nn[nH]n2)c(O)c1. The zero-order valence-electron chi connectivity index (χ0n) is 11.4. The molecule has 0 aliphatic heterocycles. The molecular weight excluding hydrogens is 258 g/mol. The quantitative estimate of drug-likeness (QED) is 0.540. The third kappa shape index (κ3) is 3.22. The number of anilines is 2. The minimum absolute atomic E-state index is 0.174. The van der Waals surface area contributed by atoms with E-state index in [1.54, 1.807) is 6.07 Å². The minimum Gasteiger partial charge on any atom is -0.507 e. The van der Waals surface area contributed by atoms with Crippen LogP contribution in [0.5, 0.6) is 5.75 Å². The van der Waals surface area contributed by atoms with Crippen LogP contribution < -0.4 is 10.3 Å². The van der Waals surface area contributed by atoms with Crippen LogP contribution in [0.15, 0.2) is 23.3 Å². The number of aromatic amines is 1. The number of nitrogens with one attached hydrogen (secondary N) is 2. The second-order valence-corrected chi connectivity index (χ2v) is 4.02. The first kappa shape index (κ1) is 13.8. The molecule has 1 aromatic heterocycles. The van der Waals surface area contributed by atoms with E-state index in [9.17, 15) is 5.11 Å². The highest BCUT2D eigenvalue weighted by Crippen LogP contribution is 2.23. The van der Waals surface area contributed by atoms with E-state index in [0.29, 0.717) is 5.56 Å². The van der Waals surface area contributed by atoms with Crippen molar-refractivity contribution >= 4 is 17.9 Å². The monoisotopic (exact) mass is 275 g/mol. The van der Waals surface area contributed by atoms with Gasteiger partial charge in [0.05, 0.1) is 6.21 Å². The van der Waals surface area contributed by atoms with E-state index in [1.807, 2.05) is 12.1 Å². The van der Waals surface area contributed by atoms with E-state index in [2.05, 4.69) is 49.9 Å². The topological polar surface area (TPSA) is 102 Å². The zero-order chi connectivity index (χ0) is 14.4. The lowest BCUT2D eigenvalue weighted by Gasteiger charge is -2.21. The van der Waals surface area contributed by atoms with Crippen molar-refractivity contribution in [3.05, 3.63) is 23.8 Å². The Morgan fingerprint density at radius 3 is 2.80 bits per heavy atom. The summed E-state index contributed by atoms with van der Waals surface area (Å²) in [5.74, 6) is 0.438. The summed E-state index contributed by atoms with van der Waals surface area (Å²) in [5.41, 5.74) is 4.18. The lowest BCUT2D eigenvalue weighted by molar-refractivity contribution is 0.474. The molecule has 0 radical (unpaired) electrons. The van der Waals surface area contributed by atoms with Crippen molar-refractivity contribution in [3.63, 3.8) is 0 Å². The van der Waals surface area contributed by atoms with Crippen LogP contribution in [0.3, 0.4) is 0 Å². The summed E-state index contributed by atoms with van der Waals surface area (Å²) in [4.78, 5) is 2.15. The Morgan fingerprint density at radius 1 is 1.40 bits per heavy atom. The number of benzene rings is 1. The molecule has 0 fully saturated rings. The number of hydrazone groups is 1. The molecule has 0 saturated carbocycles. The van der Waals surface area contributed by atoms with Crippen LogP contribution in [-0.4, -0.2) is 45.0 Å². The molecule has 0 saturated heterocycles. The number of tetrazole rings is 1. The van der Waals surface area contributed by atoms with Crippen LogP contribution in [0, 0.1) is 0 Å². The van der Waals surface area contributed by atoms with Crippen molar-refractivity contribution in [2.45, 2.75) is 13.8 Å². The Bertz CT molecular complexity index is 563. The number of hydrogen-bond donors (Lipinski definition) is 3. The van der Waals surface area contributed by atoms with Crippen LogP contribution in [0.4, 0.5) is 11.6 Å². The maximum atomic E-state index is 9.99. The third-order valence-corrected chi connectivity index (χ3v) is 2.86. The first-order chi connectivity index (χ1) is 9.74. The summed E-state index contributed by atoms with van der Waals surface area (Å²) in [6, 6.07) is 5.48. The van der Waals surface area contributed by atoms with Crippen molar-refractivity contribution in [1.29, 1.82) is 0 Å². The summed E-state index contributed by atoms with van der Waals surface area (Å²) >= 11 is 0. The van der Waals surface area contributed by atoms with Gasteiger partial charge in [0.15, 0.2) is 0 Å². The highest BCUT2D eigenvalue weighted by Gasteiger charge is 2.05. The minimum atomic E-state index is 0.174. The van der Waals surface area contributed by atoms with E-state index in [1.165, 1.54) is 6.21 Å². The number of hydrogen-bond acceptors (Lipinski definition) is 7. The lowest BCUT2D eigenvalue weighted by Crippen LogP contribution is -2.21. The van der Waals surface area contributed by atoms with E-state index in [4.69, 9.17) is 0 Å². The Morgan fingerprint density at radius 2 is 2.20 bits per heavy atom. The van der Waals surface area contributed by atoms with Gasteiger partial charge in [-0.15, -0.1) is 5.10 Å². The van der Waals surface area contributed by atoms with Crippen molar-refractivity contribution in [2.75, 3.05) is 23.4 Å². The maximum Gasteiger partial charge on any atom is 0.283 e. The second kappa shape index (κ2) is 6.50. The van der Waals surface area contributed by atoms with Gasteiger partial charge in [0.25, 0.3) is 5.95 Å². The van der Waals surface area contributed by atoms with Gasteiger partial charge in [-0.1, -0.05) is 5.10 Å². The van der Waals surface area contributed by atoms with Crippen molar-refractivity contribution in [2.24, 2.45) is 5.10 Å². The molecule has 8 nitrogen and oxygen atoms in total. The predicted octanol–water partition coefficient (Wildman–Crippen LogP) is 1.20. The van der Waals surface area contributed by atoms with E-state index in [-0.39, 0.29) is 11.7 Å². The molecule has 0 atom stereocenters. The fraction of sp³-hybridized carbons (Fsp3) is 0.333. The average Bonchev–Trinajstić information content (AvgIpc) is 2.96. The zero-order valence-corrected chi connectivity index (χ0v) is 11.4. The molecule has 0 amide bonds. The molecule has 0 bridgehead atoms. The summed E-state index contributed by atoms with van der Waals surface area (Å²) < 4.78 is 0. The fourth-order valence-corrected chi connectivity index (χ4v) is 1.80. The van der Waals surface area contributed by atoms with E-state index in [0.717, 1.165) is 18.8 Å². The molecule has 3 N–H and O–H groups in total. The Balaban J connectivity index is 2.07. The lowest BCUT2D eigenvalue weighted by atomic mass is 10.2. The van der Waals surface area contributed by atoms with Gasteiger partial charge in [0.1, 0.15) is 5.75 Å². The van der Waals surface area contributed by atoms with Crippen molar-refractivity contribution in [1.82, 2.24) is 20.6 Å². The Kier molecular flexibility index (Phi) is 4.48. The molecule has 1 aromatic carbocycles. The normalized spacial score (nSPS) is 10.9. The van der Waals surface area contributed by atoms with Gasteiger partial charge < -0.3 is 10.0 Å². The molecule has 2 rings (SSSR count). The number of aromatic hydroxyl groups is 1. The highest BCUT2D eigenvalue weighted by atomic mass is 16.3. The molecular formula is C12H17N7O. The molecule has 0 aliphatic rings. The number of H-pyrrole nitrogens is 1. The predicted molar refractivity (Wildman–Crippen MR) is 77.1 cm³/mol. The molecule has 0 unspecified atom stereocenters. The average molecular weight is 275 g/mol. The van der Waals surface area contributed by atoms with Crippen LogP contribution >= 0.6 is 0 Å². The van der Waals surface area contributed by atoms with Crippen LogP contribution in [-0.2, 0) is 0 Å². The summed E-state index contributed by atoms with van der Waals surface area (Å²) in [6.45, 7) is 5.93. The van der Waals surface area contributed by atoms with Crippen LogP contribution in [0.1, 0.15) is 19.4 Å². The number of rotatable bonds is 6. The van der Waals surface area contributed by atoms with Crippen molar-refractivity contribution < 1.29 is 5.11 Å². The van der Waals surface area contributed by atoms with Gasteiger partial charge in [0.2, 0.25) is 0 Å². The van der Waals surface area contributed by atoms with Gasteiger partial charge in [-0.2, -0.15) is 10.3 Å². The fourth-order valence-electron chi connectivity index (χ4n) is 1.80. The van der Waals surface area contributed by atoms with Gasteiger partial charge in [-0.25, -0.2) is 5.43 Å². The summed E-state index contributed by atoms with van der Waals surface area (Å²) in [5, 5.41) is 27.0. The first-order valence-corrected chi connectivity index (χ1v) is 6.35. The smallest absolute Gasteiger partial charge is 0.283 e. The molecule has 106 valence electrons. The molecule has 20 heavy (non-hydrogen) atoms. The molecule has 0 aliphatic carbocycles. The van der Waals surface area contributed by atoms with E-state index >= 15 is 0 Å². The number of phenols is 1. The number of nitrogens with zero attached hydrogens (tertiary/aromatic N) is 5. The van der Waals surface area contributed by atoms with Gasteiger partial charge in [-0.05, 0) is 31.2 Å². The largest absolute Gasteiger partial charge is 0.507 e. The van der Waals surface area contributed by atoms with Gasteiger partial charge in [-0.3, -0.25) is 0 Å². The molecule has 0 spiro atoms. The molecule has 8 heteroatoms. The standard InChI is InChI=1S/C12H17N7O/c1-3-19(4-2)10-6-5-9(11(20)7-10)8-13-14-12-15-17-18-16-12/h5-8,20H,3-4H2,1-2H3,(H2,14,15,16,17,18)/b13-8+. The Hall–Kier alpha value is -2.64. The van der Waals surface area contributed by atoms with E-state index < -0.39 is 0 Å². The molecule has 1 heterocycles. The third-order valence-electron chi connectivity index (χ3n) is 2.86. The second-order valence-electron chi connectivity index (χ2n) is 4.02. The van der Waals surface area contributed by atoms with Crippen molar-refractivity contribution in [3.8, 4) is 5.75 Å². The number of phenolic OH excluding ortho intramolecular Hbond substituents is 1. The van der Waals surface area contributed by atoms with Gasteiger partial charge in [0, 0.05) is 30.4 Å². The number of aromatic nitrogens is 4. The van der Waals surface area contributed by atoms with Gasteiger partial charge >= 0.3 is 0 Å². The van der Waals surface area contributed by atoms with Crippen LogP contribution in [0.2, 0.25) is 0 Å². The molecule has 2 aromatic rings. The highest BCUT2D eigenvalue weighted by molar-refractivity contribution is 5.84.